The molecule has 2 aromatic carbocycles. The third kappa shape index (κ3) is 4.11. The fourth-order valence-corrected chi connectivity index (χ4v) is 3.61. The summed E-state index contributed by atoms with van der Waals surface area (Å²) in [7, 11) is 0. The number of nitrogens with one attached hydrogen (secondary N) is 1. The van der Waals surface area contributed by atoms with Crippen molar-refractivity contribution in [3.63, 3.8) is 0 Å². The Hall–Kier alpha value is -3.95. The highest BCUT2D eigenvalue weighted by Crippen LogP contribution is 2.35. The Morgan fingerprint density at radius 3 is 2.58 bits per heavy atom. The van der Waals surface area contributed by atoms with Crippen molar-refractivity contribution in [1.29, 1.82) is 0 Å². The third-order valence-electron chi connectivity index (χ3n) is 4.88. The van der Waals surface area contributed by atoms with Crippen molar-refractivity contribution in [2.75, 3.05) is 4.90 Å². The normalized spacial score (nSPS) is 15.2. The maximum absolute atomic E-state index is 13.0. The van der Waals surface area contributed by atoms with Crippen LogP contribution in [0.15, 0.2) is 58.5 Å². The molecule has 1 aliphatic heterocycles. The number of nitro groups is 1. The number of benzene rings is 2. The van der Waals surface area contributed by atoms with Crippen LogP contribution in [0.25, 0.3) is 17.4 Å². The van der Waals surface area contributed by atoms with E-state index in [0.29, 0.717) is 21.8 Å². The second-order valence-corrected chi connectivity index (χ2v) is 7.78. The van der Waals surface area contributed by atoms with Crippen molar-refractivity contribution in [2.45, 2.75) is 6.92 Å². The number of nitro benzene ring substituents is 1. The molecule has 166 valence electrons. The van der Waals surface area contributed by atoms with Crippen LogP contribution in [0, 0.1) is 17.0 Å². The minimum atomic E-state index is -0.974. The second-order valence-electron chi connectivity index (χ2n) is 6.99. The SMILES string of the molecule is Cc1ccc(-c2ccc(/C=C3/C(=O)NC(=O)N(c4cccc(Cl)c4Cl)C3=O)o2)cc1[N+](=O)[O-]. The first-order valence-corrected chi connectivity index (χ1v) is 10.1. The van der Waals surface area contributed by atoms with Gasteiger partial charge in [0.25, 0.3) is 17.5 Å². The van der Waals surface area contributed by atoms with Crippen LogP contribution in [0.1, 0.15) is 11.3 Å². The number of carbonyl (C=O) groups excluding carboxylic acids is 3. The predicted molar refractivity (Wildman–Crippen MR) is 121 cm³/mol. The summed E-state index contributed by atoms with van der Waals surface area (Å²) in [6.07, 6.45) is 1.17. The quantitative estimate of drug-likeness (QED) is 0.236. The number of barbiturate groups is 1. The molecular formula is C22H13Cl2N3O6. The number of rotatable bonds is 4. The summed E-state index contributed by atoms with van der Waals surface area (Å²) < 4.78 is 5.67. The number of hydrogen-bond acceptors (Lipinski definition) is 6. The monoisotopic (exact) mass is 485 g/mol. The molecule has 0 saturated carbocycles. The van der Waals surface area contributed by atoms with Crippen LogP contribution in [0.2, 0.25) is 10.0 Å². The van der Waals surface area contributed by atoms with Crippen molar-refractivity contribution in [3.8, 4) is 11.3 Å². The zero-order valence-electron chi connectivity index (χ0n) is 16.8. The van der Waals surface area contributed by atoms with Crippen LogP contribution < -0.4 is 10.2 Å². The molecule has 4 rings (SSSR count). The van der Waals surface area contributed by atoms with E-state index >= 15 is 0 Å². The molecular weight excluding hydrogens is 473 g/mol. The predicted octanol–water partition coefficient (Wildman–Crippen LogP) is 5.14. The van der Waals surface area contributed by atoms with Gasteiger partial charge in [0, 0.05) is 17.2 Å². The van der Waals surface area contributed by atoms with Crippen molar-refractivity contribution in [2.24, 2.45) is 0 Å². The fourth-order valence-electron chi connectivity index (χ4n) is 3.23. The Kier molecular flexibility index (Phi) is 5.75. The van der Waals surface area contributed by atoms with E-state index in [4.69, 9.17) is 27.6 Å². The second kappa shape index (κ2) is 8.53. The molecule has 0 aliphatic carbocycles. The molecule has 0 atom stereocenters. The number of imide groups is 2. The van der Waals surface area contributed by atoms with Gasteiger partial charge >= 0.3 is 6.03 Å². The molecule has 0 spiro atoms. The van der Waals surface area contributed by atoms with Gasteiger partial charge in [-0.05, 0) is 37.3 Å². The van der Waals surface area contributed by atoms with Gasteiger partial charge in [-0.2, -0.15) is 0 Å². The lowest BCUT2D eigenvalue weighted by Crippen LogP contribution is -2.54. The first-order chi connectivity index (χ1) is 15.7. The number of amides is 4. The van der Waals surface area contributed by atoms with E-state index in [-0.39, 0.29) is 32.8 Å². The third-order valence-corrected chi connectivity index (χ3v) is 5.69. The highest BCUT2D eigenvalue weighted by atomic mass is 35.5. The molecule has 3 aromatic rings. The number of nitrogens with zero attached hydrogens (tertiary/aromatic N) is 2. The Morgan fingerprint density at radius 1 is 1.09 bits per heavy atom. The minimum absolute atomic E-state index is 0.0113. The molecule has 33 heavy (non-hydrogen) atoms. The van der Waals surface area contributed by atoms with Crippen LogP contribution in [0.4, 0.5) is 16.2 Å². The van der Waals surface area contributed by atoms with Crippen LogP contribution in [0.3, 0.4) is 0 Å². The maximum Gasteiger partial charge on any atom is 0.336 e. The van der Waals surface area contributed by atoms with E-state index in [0.717, 1.165) is 0 Å². The summed E-state index contributed by atoms with van der Waals surface area (Å²) in [6.45, 7) is 1.62. The zero-order valence-corrected chi connectivity index (χ0v) is 18.3. The summed E-state index contributed by atoms with van der Waals surface area (Å²) in [4.78, 5) is 49.1. The van der Waals surface area contributed by atoms with Crippen molar-refractivity contribution < 1.29 is 23.7 Å². The van der Waals surface area contributed by atoms with Crippen LogP contribution in [-0.4, -0.2) is 22.8 Å². The molecule has 0 unspecified atom stereocenters. The summed E-state index contributed by atoms with van der Waals surface area (Å²) in [6, 6.07) is 11.1. The fraction of sp³-hybridized carbons (Fsp3) is 0.0455. The van der Waals surface area contributed by atoms with Gasteiger partial charge in [0.15, 0.2) is 0 Å². The van der Waals surface area contributed by atoms with E-state index in [9.17, 15) is 24.5 Å². The van der Waals surface area contributed by atoms with Gasteiger partial charge in [-0.25, -0.2) is 9.69 Å². The smallest absolute Gasteiger partial charge is 0.336 e. The van der Waals surface area contributed by atoms with E-state index in [1.54, 1.807) is 25.1 Å². The number of aryl methyl sites for hydroxylation is 1. The summed E-state index contributed by atoms with van der Waals surface area (Å²) in [5.74, 6) is -1.42. The number of urea groups is 1. The van der Waals surface area contributed by atoms with Gasteiger partial charge < -0.3 is 4.42 Å². The molecule has 1 N–H and O–H groups in total. The molecule has 0 bridgehead atoms. The molecule has 1 fully saturated rings. The molecule has 11 heteroatoms. The lowest BCUT2D eigenvalue weighted by Gasteiger charge is -2.27. The molecule has 1 aliphatic rings. The Labute approximate surface area is 196 Å². The molecule has 0 radical (unpaired) electrons. The Morgan fingerprint density at radius 2 is 1.85 bits per heavy atom. The van der Waals surface area contributed by atoms with Gasteiger partial charge in [-0.15, -0.1) is 0 Å². The average molecular weight is 486 g/mol. The number of halogens is 2. The first kappa shape index (κ1) is 22.3. The zero-order chi connectivity index (χ0) is 23.9. The largest absolute Gasteiger partial charge is 0.457 e. The lowest BCUT2D eigenvalue weighted by atomic mass is 10.1. The minimum Gasteiger partial charge on any atom is -0.457 e. The molecule has 4 amide bonds. The van der Waals surface area contributed by atoms with Crippen molar-refractivity contribution >= 4 is 58.5 Å². The number of carbonyl (C=O) groups is 3. The highest BCUT2D eigenvalue weighted by Gasteiger charge is 2.38. The number of furan rings is 1. The molecule has 1 saturated heterocycles. The van der Waals surface area contributed by atoms with Gasteiger partial charge in [0.1, 0.15) is 17.1 Å². The van der Waals surface area contributed by atoms with Crippen LogP contribution in [0.5, 0.6) is 0 Å². The topological polar surface area (TPSA) is 123 Å². The molecule has 9 nitrogen and oxygen atoms in total. The maximum atomic E-state index is 13.0. The Bertz CT molecular complexity index is 1380. The first-order valence-electron chi connectivity index (χ1n) is 9.38. The van der Waals surface area contributed by atoms with Crippen LogP contribution >= 0.6 is 23.2 Å². The van der Waals surface area contributed by atoms with Gasteiger partial charge in [-0.1, -0.05) is 41.4 Å². The summed E-state index contributed by atoms with van der Waals surface area (Å²) >= 11 is 12.1. The number of anilines is 1. The van der Waals surface area contributed by atoms with E-state index in [2.05, 4.69) is 5.32 Å². The van der Waals surface area contributed by atoms with Gasteiger partial charge in [-0.3, -0.25) is 25.0 Å². The van der Waals surface area contributed by atoms with Crippen molar-refractivity contribution in [1.82, 2.24) is 5.32 Å². The lowest BCUT2D eigenvalue weighted by molar-refractivity contribution is -0.385. The van der Waals surface area contributed by atoms with Crippen molar-refractivity contribution in [3.05, 3.63) is 85.6 Å². The highest BCUT2D eigenvalue weighted by molar-refractivity contribution is 6.46. The average Bonchev–Trinajstić information content (AvgIpc) is 3.23. The van der Waals surface area contributed by atoms with Gasteiger partial charge in [0.05, 0.1) is 20.7 Å². The molecule has 1 aromatic heterocycles. The molecule has 2 heterocycles. The van der Waals surface area contributed by atoms with Crippen LogP contribution in [-0.2, 0) is 9.59 Å². The summed E-state index contributed by atoms with van der Waals surface area (Å²) in [5.41, 5.74) is 0.502. The van der Waals surface area contributed by atoms with E-state index < -0.39 is 22.8 Å². The Balaban J connectivity index is 1.70. The number of hydrogen-bond donors (Lipinski definition) is 1. The van der Waals surface area contributed by atoms with E-state index in [1.807, 2.05) is 0 Å². The standard InChI is InChI=1S/C22H13Cl2N3O6/c1-11-5-6-12(9-17(11)27(31)32)18-8-7-13(33-18)10-14-20(28)25-22(30)26(21(14)29)16-4-2-3-15(23)19(16)24/h2-10H,1H3,(H,25,28,30)/b14-10-. The van der Waals surface area contributed by atoms with E-state index in [1.165, 1.54) is 36.4 Å². The van der Waals surface area contributed by atoms with Gasteiger partial charge in [0.2, 0.25) is 0 Å². The summed E-state index contributed by atoms with van der Waals surface area (Å²) in [5, 5.41) is 13.4.